The molecule has 0 radical (unpaired) electrons. The van der Waals surface area contributed by atoms with E-state index in [0.717, 1.165) is 18.3 Å². The average Bonchev–Trinajstić information content (AvgIpc) is 2.68. The molecule has 10 heteroatoms. The van der Waals surface area contributed by atoms with Gasteiger partial charge < -0.3 is 19.3 Å². The lowest BCUT2D eigenvalue weighted by Crippen LogP contribution is -2.17. The predicted octanol–water partition coefficient (Wildman–Crippen LogP) is 2.09. The molecule has 0 saturated carbocycles. The number of carbonyl (C=O) groups is 1. The van der Waals surface area contributed by atoms with E-state index < -0.39 is 10.8 Å². The molecule has 2 rings (SSSR count). The van der Waals surface area contributed by atoms with Crippen LogP contribution in [0.4, 0.5) is 5.69 Å². The van der Waals surface area contributed by atoms with Gasteiger partial charge in [-0.3, -0.25) is 14.9 Å². The Hall–Kier alpha value is -3.82. The van der Waals surface area contributed by atoms with E-state index in [1.807, 2.05) is 0 Å². The molecule has 0 fully saturated rings. The van der Waals surface area contributed by atoms with Crippen molar-refractivity contribution < 1.29 is 29.0 Å². The topological polar surface area (TPSA) is 133 Å². The highest BCUT2D eigenvalue weighted by atomic mass is 16.6. The Morgan fingerprint density at radius 2 is 1.74 bits per heavy atom. The maximum Gasteiger partial charge on any atom is 0.274 e. The quantitative estimate of drug-likeness (QED) is 0.430. The number of nitrogens with one attached hydrogen (secondary N) is 1. The van der Waals surface area contributed by atoms with Crippen LogP contribution in [-0.4, -0.2) is 43.5 Å². The molecule has 0 unspecified atom stereocenters. The van der Waals surface area contributed by atoms with Crippen molar-refractivity contribution in [3.05, 3.63) is 51.6 Å². The first kappa shape index (κ1) is 19.5. The van der Waals surface area contributed by atoms with Gasteiger partial charge in [0.2, 0.25) is 0 Å². The van der Waals surface area contributed by atoms with E-state index in [9.17, 15) is 20.0 Å². The number of aromatic hydroxyl groups is 1. The fraction of sp³-hybridized carbons (Fsp3) is 0.176. The smallest absolute Gasteiger partial charge is 0.274 e. The molecule has 0 bridgehead atoms. The van der Waals surface area contributed by atoms with Gasteiger partial charge >= 0.3 is 0 Å². The number of non-ortho nitro benzene ring substituents is 1. The van der Waals surface area contributed by atoms with E-state index in [-0.39, 0.29) is 28.3 Å². The lowest BCUT2D eigenvalue weighted by molar-refractivity contribution is -0.385. The van der Waals surface area contributed by atoms with Gasteiger partial charge in [0.25, 0.3) is 11.6 Å². The van der Waals surface area contributed by atoms with Gasteiger partial charge in [0.05, 0.1) is 38.5 Å². The number of hydrazone groups is 1. The summed E-state index contributed by atoms with van der Waals surface area (Å²) in [4.78, 5) is 22.5. The summed E-state index contributed by atoms with van der Waals surface area (Å²) in [6.45, 7) is 0. The van der Waals surface area contributed by atoms with E-state index in [4.69, 9.17) is 14.2 Å². The van der Waals surface area contributed by atoms with Crippen molar-refractivity contribution in [1.82, 2.24) is 5.43 Å². The van der Waals surface area contributed by atoms with Gasteiger partial charge in [0, 0.05) is 23.3 Å². The number of nitro groups is 1. The van der Waals surface area contributed by atoms with Crippen LogP contribution in [0.5, 0.6) is 23.0 Å². The largest absolute Gasteiger partial charge is 0.504 e. The van der Waals surface area contributed by atoms with Gasteiger partial charge in [0.15, 0.2) is 11.5 Å². The molecule has 2 aromatic carbocycles. The van der Waals surface area contributed by atoms with Gasteiger partial charge in [-0.15, -0.1) is 0 Å². The molecule has 0 aliphatic carbocycles. The number of ether oxygens (including phenoxy) is 3. The molecule has 0 saturated heterocycles. The minimum Gasteiger partial charge on any atom is -0.504 e. The lowest BCUT2D eigenvalue weighted by atomic mass is 10.1. The fourth-order valence-corrected chi connectivity index (χ4v) is 2.14. The number of benzene rings is 2. The summed E-state index contributed by atoms with van der Waals surface area (Å²) in [5, 5.41) is 24.7. The number of hydrogen-bond donors (Lipinski definition) is 2. The minimum absolute atomic E-state index is 0.00423. The molecule has 0 heterocycles. The van der Waals surface area contributed by atoms with Crippen LogP contribution in [0.15, 0.2) is 35.4 Å². The summed E-state index contributed by atoms with van der Waals surface area (Å²) in [6, 6.07) is 6.76. The van der Waals surface area contributed by atoms with Crippen molar-refractivity contribution >= 4 is 17.8 Å². The van der Waals surface area contributed by atoms with Crippen LogP contribution in [0, 0.1) is 10.1 Å². The fourth-order valence-electron chi connectivity index (χ4n) is 2.14. The third-order valence-electron chi connectivity index (χ3n) is 3.50. The highest BCUT2D eigenvalue weighted by Gasteiger charge is 2.16. The van der Waals surface area contributed by atoms with Crippen molar-refractivity contribution in [2.75, 3.05) is 21.3 Å². The molecule has 0 aliphatic heterocycles. The van der Waals surface area contributed by atoms with Gasteiger partial charge in [-0.1, -0.05) is 0 Å². The summed E-state index contributed by atoms with van der Waals surface area (Å²) >= 11 is 0. The molecular formula is C17H17N3O7. The van der Waals surface area contributed by atoms with E-state index in [1.54, 1.807) is 6.07 Å². The third-order valence-corrected chi connectivity index (χ3v) is 3.50. The highest BCUT2D eigenvalue weighted by molar-refractivity contribution is 5.96. The molecule has 142 valence electrons. The number of phenolic OH excluding ortho intramolecular Hbond substituents is 1. The van der Waals surface area contributed by atoms with Crippen molar-refractivity contribution in [2.24, 2.45) is 5.10 Å². The van der Waals surface area contributed by atoms with Gasteiger partial charge in [-0.25, -0.2) is 5.43 Å². The van der Waals surface area contributed by atoms with Crippen molar-refractivity contribution in [2.45, 2.75) is 0 Å². The Kier molecular flexibility index (Phi) is 6.15. The summed E-state index contributed by atoms with van der Waals surface area (Å²) in [5.41, 5.74) is 2.20. The van der Waals surface area contributed by atoms with Crippen molar-refractivity contribution in [3.63, 3.8) is 0 Å². The number of amides is 1. The van der Waals surface area contributed by atoms with Crippen molar-refractivity contribution in [1.29, 1.82) is 0 Å². The van der Waals surface area contributed by atoms with Gasteiger partial charge in [0.1, 0.15) is 11.5 Å². The SMILES string of the molecule is COc1cc(OC)cc(C(=O)N/N=C/c2cc([N+](=O)[O-])cc(OC)c2O)c1. The third kappa shape index (κ3) is 4.63. The molecule has 2 N–H and O–H groups in total. The second-order valence-electron chi connectivity index (χ2n) is 5.14. The first-order chi connectivity index (χ1) is 12.9. The Morgan fingerprint density at radius 1 is 1.11 bits per heavy atom. The number of phenols is 1. The Balaban J connectivity index is 2.23. The van der Waals surface area contributed by atoms with E-state index in [1.165, 1.54) is 33.5 Å². The van der Waals surface area contributed by atoms with Crippen LogP contribution in [0.1, 0.15) is 15.9 Å². The molecule has 1 amide bonds. The number of methoxy groups -OCH3 is 3. The zero-order valence-corrected chi connectivity index (χ0v) is 14.8. The second-order valence-corrected chi connectivity index (χ2v) is 5.14. The van der Waals surface area contributed by atoms with E-state index >= 15 is 0 Å². The molecule has 0 atom stereocenters. The molecular weight excluding hydrogens is 358 g/mol. The first-order valence-corrected chi connectivity index (χ1v) is 7.51. The number of nitrogens with zero attached hydrogens (tertiary/aromatic N) is 2. The maximum atomic E-state index is 12.2. The Labute approximate surface area is 154 Å². The van der Waals surface area contributed by atoms with Crippen LogP contribution in [0.2, 0.25) is 0 Å². The van der Waals surface area contributed by atoms with Crippen molar-refractivity contribution in [3.8, 4) is 23.0 Å². The average molecular weight is 375 g/mol. The summed E-state index contributed by atoms with van der Waals surface area (Å²) in [5.74, 6) is -0.159. The van der Waals surface area contributed by atoms with Gasteiger partial charge in [-0.2, -0.15) is 5.10 Å². The van der Waals surface area contributed by atoms with Crippen LogP contribution >= 0.6 is 0 Å². The molecule has 27 heavy (non-hydrogen) atoms. The van der Waals surface area contributed by atoms with Crippen LogP contribution in [0.25, 0.3) is 0 Å². The van der Waals surface area contributed by atoms with Crippen LogP contribution in [0.3, 0.4) is 0 Å². The summed E-state index contributed by atoms with van der Waals surface area (Å²) in [6.07, 6.45) is 1.07. The zero-order valence-electron chi connectivity index (χ0n) is 14.8. The standard InChI is InChI=1S/C17H17N3O7/c1-25-13-5-10(6-14(8-13)26-2)17(22)19-18-9-11-4-12(20(23)24)7-15(27-3)16(11)21/h4-9,21H,1-3H3,(H,19,22)/b18-9+. The predicted molar refractivity (Wildman–Crippen MR) is 95.9 cm³/mol. The number of hydrogen-bond acceptors (Lipinski definition) is 8. The molecule has 0 aliphatic rings. The summed E-state index contributed by atoms with van der Waals surface area (Å²) in [7, 11) is 4.16. The maximum absolute atomic E-state index is 12.2. The van der Waals surface area contributed by atoms with Gasteiger partial charge in [-0.05, 0) is 12.1 Å². The lowest BCUT2D eigenvalue weighted by Gasteiger charge is -2.08. The monoisotopic (exact) mass is 375 g/mol. The molecule has 0 aromatic heterocycles. The highest BCUT2D eigenvalue weighted by Crippen LogP contribution is 2.33. The first-order valence-electron chi connectivity index (χ1n) is 7.51. The Bertz CT molecular complexity index is 874. The van der Waals surface area contributed by atoms with E-state index in [2.05, 4.69) is 10.5 Å². The molecule has 0 spiro atoms. The zero-order chi connectivity index (χ0) is 20.0. The Morgan fingerprint density at radius 3 is 2.26 bits per heavy atom. The molecule has 2 aromatic rings. The van der Waals surface area contributed by atoms with E-state index in [0.29, 0.717) is 11.5 Å². The number of carbonyl (C=O) groups excluding carboxylic acids is 1. The number of rotatable bonds is 7. The number of nitro benzene ring substituents is 1. The van der Waals surface area contributed by atoms with Crippen LogP contribution < -0.4 is 19.6 Å². The van der Waals surface area contributed by atoms with Crippen LogP contribution in [-0.2, 0) is 0 Å². The summed E-state index contributed by atoms with van der Waals surface area (Å²) < 4.78 is 15.1. The minimum atomic E-state index is -0.638. The second kappa shape index (κ2) is 8.52. The molecule has 10 nitrogen and oxygen atoms in total. The normalized spacial score (nSPS) is 10.5.